The average molecular weight is 290 g/mol. The number of rotatable bonds is 2. The van der Waals surface area contributed by atoms with Crippen molar-refractivity contribution in [3.63, 3.8) is 0 Å². The molecule has 0 bridgehead atoms. The minimum Gasteiger partial charge on any atom is -0.488 e. The van der Waals surface area contributed by atoms with Crippen molar-refractivity contribution in [2.45, 2.75) is 12.8 Å². The Morgan fingerprint density at radius 2 is 2.10 bits per heavy atom. The molecule has 2 aliphatic heterocycles. The first-order valence-corrected chi connectivity index (χ1v) is 7.20. The Morgan fingerprint density at radius 1 is 1.30 bits per heavy atom. The van der Waals surface area contributed by atoms with Crippen LogP contribution in [0.25, 0.3) is 6.08 Å². The molecule has 3 rings (SSSR count). The van der Waals surface area contributed by atoms with Crippen LogP contribution in [-0.2, 0) is 4.79 Å². The van der Waals surface area contributed by atoms with Gasteiger partial charge in [0.2, 0.25) is 5.91 Å². The van der Waals surface area contributed by atoms with Gasteiger partial charge in [0.25, 0.3) is 0 Å². The highest BCUT2D eigenvalue weighted by Crippen LogP contribution is 2.29. The summed E-state index contributed by atoms with van der Waals surface area (Å²) < 4.78 is 5.65. The topological polar surface area (TPSA) is 29.5 Å². The summed E-state index contributed by atoms with van der Waals surface area (Å²) in [5.41, 5.74) is 1.93. The van der Waals surface area contributed by atoms with Crippen LogP contribution in [-0.4, -0.2) is 30.5 Å². The molecule has 104 valence electrons. The molecule has 0 spiro atoms. The highest BCUT2D eigenvalue weighted by atomic mass is 35.5. The van der Waals surface area contributed by atoms with Crippen LogP contribution in [0.1, 0.15) is 18.4 Å². The maximum Gasteiger partial charge on any atom is 0.246 e. The average Bonchev–Trinajstić information content (AvgIpc) is 2.98. The second-order valence-electron chi connectivity index (χ2n) is 5.06. The van der Waals surface area contributed by atoms with E-state index < -0.39 is 0 Å². The number of carbonyl (C=O) groups is 1. The zero-order chi connectivity index (χ0) is 13.9. The summed E-state index contributed by atoms with van der Waals surface area (Å²) >= 11 is 5.97. The van der Waals surface area contributed by atoms with E-state index in [0.717, 1.165) is 42.8 Å². The molecular weight excluding hydrogens is 274 g/mol. The number of halogens is 1. The van der Waals surface area contributed by atoms with Gasteiger partial charge in [0.05, 0.1) is 0 Å². The van der Waals surface area contributed by atoms with E-state index in [-0.39, 0.29) is 5.91 Å². The maximum absolute atomic E-state index is 11.9. The third-order valence-electron chi connectivity index (χ3n) is 3.56. The van der Waals surface area contributed by atoms with E-state index in [1.165, 1.54) is 0 Å². The molecule has 1 saturated heterocycles. The molecule has 1 fully saturated rings. The number of benzene rings is 1. The van der Waals surface area contributed by atoms with Gasteiger partial charge in [-0.1, -0.05) is 17.7 Å². The van der Waals surface area contributed by atoms with Crippen LogP contribution in [0.2, 0.25) is 5.02 Å². The third-order valence-corrected chi connectivity index (χ3v) is 3.80. The predicted octanol–water partition coefficient (Wildman–Crippen LogP) is 3.29. The van der Waals surface area contributed by atoms with E-state index in [9.17, 15) is 4.79 Å². The number of nitrogens with zero attached hydrogens (tertiary/aromatic N) is 1. The molecule has 2 aliphatic rings. The summed E-state index contributed by atoms with van der Waals surface area (Å²) in [7, 11) is 0. The largest absolute Gasteiger partial charge is 0.488 e. The highest BCUT2D eigenvalue weighted by molar-refractivity contribution is 6.30. The number of hydrogen-bond donors (Lipinski definition) is 0. The van der Waals surface area contributed by atoms with Gasteiger partial charge in [0.15, 0.2) is 0 Å². The fraction of sp³-hybridized carbons (Fsp3) is 0.312. The van der Waals surface area contributed by atoms with Crippen LogP contribution in [0.15, 0.2) is 35.9 Å². The smallest absolute Gasteiger partial charge is 0.246 e. The molecule has 4 heteroatoms. The van der Waals surface area contributed by atoms with Gasteiger partial charge in [0.1, 0.15) is 12.4 Å². The third kappa shape index (κ3) is 2.88. The summed E-state index contributed by atoms with van der Waals surface area (Å²) in [6.45, 7) is 2.23. The minimum atomic E-state index is 0.0836. The van der Waals surface area contributed by atoms with Gasteiger partial charge in [-0.15, -0.1) is 0 Å². The number of ether oxygens (including phenoxy) is 1. The standard InChI is InChI=1S/C16H16ClNO2/c17-14-4-5-15-13(10-14)9-12(11-20-15)3-6-16(19)18-7-1-2-8-18/h3-6,9-10H,1-2,7-8,11H2/b6-3+. The van der Waals surface area contributed by atoms with Crippen molar-refractivity contribution in [2.75, 3.05) is 19.7 Å². The van der Waals surface area contributed by atoms with E-state index in [0.29, 0.717) is 11.6 Å². The normalized spacial score (nSPS) is 17.9. The monoisotopic (exact) mass is 289 g/mol. The van der Waals surface area contributed by atoms with Crippen molar-refractivity contribution in [3.05, 3.63) is 46.5 Å². The summed E-state index contributed by atoms with van der Waals surface area (Å²) in [6, 6.07) is 5.54. The lowest BCUT2D eigenvalue weighted by Gasteiger charge is -2.16. The SMILES string of the molecule is O=C(/C=C/C1=Cc2cc(Cl)ccc2OC1)N1CCCC1. The van der Waals surface area contributed by atoms with E-state index in [2.05, 4.69) is 0 Å². The Kier molecular flexibility index (Phi) is 3.79. The number of fused-ring (bicyclic) bond motifs is 1. The van der Waals surface area contributed by atoms with Crippen molar-refractivity contribution >= 4 is 23.6 Å². The van der Waals surface area contributed by atoms with E-state index in [4.69, 9.17) is 16.3 Å². The van der Waals surface area contributed by atoms with Crippen molar-refractivity contribution in [3.8, 4) is 5.75 Å². The van der Waals surface area contributed by atoms with Crippen LogP contribution >= 0.6 is 11.6 Å². The number of amides is 1. The van der Waals surface area contributed by atoms with Gasteiger partial charge in [0, 0.05) is 29.8 Å². The van der Waals surface area contributed by atoms with E-state index >= 15 is 0 Å². The van der Waals surface area contributed by atoms with Crippen LogP contribution in [0.4, 0.5) is 0 Å². The van der Waals surface area contributed by atoms with Gasteiger partial charge in [-0.05, 0) is 42.7 Å². The van der Waals surface area contributed by atoms with Crippen molar-refractivity contribution in [2.24, 2.45) is 0 Å². The molecule has 0 saturated carbocycles. The molecule has 1 aromatic carbocycles. The number of likely N-dealkylation sites (tertiary alicyclic amines) is 1. The molecule has 1 amide bonds. The van der Waals surface area contributed by atoms with Crippen molar-refractivity contribution < 1.29 is 9.53 Å². The molecule has 0 atom stereocenters. The van der Waals surface area contributed by atoms with Gasteiger partial charge in [-0.2, -0.15) is 0 Å². The van der Waals surface area contributed by atoms with E-state index in [1.807, 2.05) is 35.3 Å². The molecule has 2 heterocycles. The van der Waals surface area contributed by atoms with Gasteiger partial charge >= 0.3 is 0 Å². The predicted molar refractivity (Wildman–Crippen MR) is 79.9 cm³/mol. The lowest BCUT2D eigenvalue weighted by molar-refractivity contribution is -0.124. The molecule has 0 radical (unpaired) electrons. The Morgan fingerprint density at radius 3 is 2.90 bits per heavy atom. The zero-order valence-electron chi connectivity index (χ0n) is 11.1. The van der Waals surface area contributed by atoms with Crippen molar-refractivity contribution in [1.82, 2.24) is 4.90 Å². The lowest BCUT2D eigenvalue weighted by Crippen LogP contribution is -2.25. The molecule has 0 unspecified atom stereocenters. The summed E-state index contributed by atoms with van der Waals surface area (Å²) in [5, 5.41) is 0.682. The van der Waals surface area contributed by atoms with Crippen LogP contribution in [0, 0.1) is 0 Å². The first-order valence-electron chi connectivity index (χ1n) is 6.82. The van der Waals surface area contributed by atoms with Crippen LogP contribution < -0.4 is 4.74 Å². The molecule has 0 aromatic heterocycles. The highest BCUT2D eigenvalue weighted by Gasteiger charge is 2.16. The Bertz CT molecular complexity index is 586. The van der Waals surface area contributed by atoms with Crippen molar-refractivity contribution in [1.29, 1.82) is 0 Å². The first-order chi connectivity index (χ1) is 9.72. The molecule has 0 N–H and O–H groups in total. The van der Waals surface area contributed by atoms with E-state index in [1.54, 1.807) is 6.08 Å². The lowest BCUT2D eigenvalue weighted by atomic mass is 10.1. The Balaban J connectivity index is 1.73. The summed E-state index contributed by atoms with van der Waals surface area (Å²) in [6.07, 6.45) is 7.70. The zero-order valence-corrected chi connectivity index (χ0v) is 11.9. The summed E-state index contributed by atoms with van der Waals surface area (Å²) in [4.78, 5) is 13.8. The molecular formula is C16H16ClNO2. The minimum absolute atomic E-state index is 0.0836. The molecule has 3 nitrogen and oxygen atoms in total. The fourth-order valence-corrected chi connectivity index (χ4v) is 2.66. The molecule has 0 aliphatic carbocycles. The maximum atomic E-state index is 11.9. The first kappa shape index (κ1) is 13.3. The fourth-order valence-electron chi connectivity index (χ4n) is 2.48. The number of hydrogen-bond acceptors (Lipinski definition) is 2. The summed E-state index contributed by atoms with van der Waals surface area (Å²) in [5.74, 6) is 0.915. The Labute approximate surface area is 123 Å². The second-order valence-corrected chi connectivity index (χ2v) is 5.49. The van der Waals surface area contributed by atoms with Gasteiger partial charge in [-0.3, -0.25) is 4.79 Å². The van der Waals surface area contributed by atoms with Crippen LogP contribution in [0.3, 0.4) is 0 Å². The van der Waals surface area contributed by atoms with Gasteiger partial charge in [-0.25, -0.2) is 0 Å². The number of carbonyl (C=O) groups excluding carboxylic acids is 1. The van der Waals surface area contributed by atoms with Gasteiger partial charge < -0.3 is 9.64 Å². The Hall–Kier alpha value is -1.74. The molecule has 20 heavy (non-hydrogen) atoms. The quantitative estimate of drug-likeness (QED) is 0.782. The van der Waals surface area contributed by atoms with Crippen LogP contribution in [0.5, 0.6) is 5.75 Å². The molecule has 1 aromatic rings. The second kappa shape index (κ2) is 5.71.